The Kier molecular flexibility index (Phi) is 10.7. The van der Waals surface area contributed by atoms with Crippen molar-refractivity contribution in [2.75, 3.05) is 4.90 Å². The Labute approximate surface area is 375 Å². The van der Waals surface area contributed by atoms with Crippen LogP contribution in [0.4, 0.5) is 17.1 Å². The number of hydrogen-bond donors (Lipinski definition) is 0. The maximum Gasteiger partial charge on any atom is 0.0540 e. The zero-order valence-electron chi connectivity index (χ0n) is 38.4. The van der Waals surface area contributed by atoms with Gasteiger partial charge in [0.2, 0.25) is 0 Å². The molecule has 0 atom stereocenters. The monoisotopic (exact) mass is 817 g/mol. The molecule has 9 aromatic rings. The molecule has 0 radical (unpaired) electrons. The van der Waals surface area contributed by atoms with Crippen LogP contribution in [-0.2, 0) is 16.2 Å². The van der Waals surface area contributed by atoms with Crippen LogP contribution in [0.15, 0.2) is 194 Å². The first-order valence-electron chi connectivity index (χ1n) is 22.5. The summed E-state index contributed by atoms with van der Waals surface area (Å²) in [6.45, 7) is 20.8. The Bertz CT molecular complexity index is 3060. The van der Waals surface area contributed by atoms with Gasteiger partial charge in [0.05, 0.1) is 11.4 Å². The van der Waals surface area contributed by atoms with Crippen LogP contribution in [-0.4, -0.2) is 0 Å². The number of hydrogen-bond acceptors (Lipinski definition) is 1. The third-order valence-corrected chi connectivity index (χ3v) is 12.7. The van der Waals surface area contributed by atoms with Crippen LogP contribution in [0.5, 0.6) is 0 Å². The summed E-state index contributed by atoms with van der Waals surface area (Å²) in [4.78, 5) is 2.50. The lowest BCUT2D eigenvalue weighted by atomic mass is 9.78. The summed E-state index contributed by atoms with van der Waals surface area (Å²) in [6, 6.07) is 72.4. The Hall–Kier alpha value is -6.70. The van der Waals surface area contributed by atoms with Gasteiger partial charge in [-0.3, -0.25) is 0 Å². The Balaban J connectivity index is 1.31. The van der Waals surface area contributed by atoms with Crippen LogP contribution >= 0.6 is 0 Å². The molecule has 0 aromatic heterocycles. The highest BCUT2D eigenvalue weighted by Crippen LogP contribution is 2.48. The molecule has 0 heterocycles. The van der Waals surface area contributed by atoms with Gasteiger partial charge in [0.25, 0.3) is 0 Å². The minimum atomic E-state index is -0.00242. The molecule has 9 aromatic carbocycles. The molecular formula is C62H59N. The fourth-order valence-electron chi connectivity index (χ4n) is 9.11. The lowest BCUT2D eigenvalue weighted by molar-refractivity contribution is 0.569. The molecule has 0 saturated carbocycles. The maximum atomic E-state index is 2.50. The third-order valence-electron chi connectivity index (χ3n) is 12.7. The average Bonchev–Trinajstić information content (AvgIpc) is 3.28. The fourth-order valence-corrected chi connectivity index (χ4v) is 9.11. The Morgan fingerprint density at radius 2 is 0.794 bits per heavy atom. The second kappa shape index (κ2) is 16.2. The molecule has 0 aliphatic carbocycles. The van der Waals surface area contributed by atoms with E-state index < -0.39 is 0 Å². The number of nitrogens with zero attached hydrogens (tertiary/aromatic N) is 1. The molecule has 0 fully saturated rings. The summed E-state index contributed by atoms with van der Waals surface area (Å²) in [7, 11) is 0. The molecule has 1 nitrogen and oxygen atoms in total. The van der Waals surface area contributed by atoms with E-state index >= 15 is 0 Å². The summed E-state index contributed by atoms with van der Waals surface area (Å²) in [5, 5.41) is 4.97. The van der Waals surface area contributed by atoms with Gasteiger partial charge in [-0.2, -0.15) is 0 Å². The summed E-state index contributed by atoms with van der Waals surface area (Å²) in [6.07, 6.45) is 0. The summed E-state index contributed by atoms with van der Waals surface area (Å²) >= 11 is 0. The summed E-state index contributed by atoms with van der Waals surface area (Å²) in [5.74, 6) is 0. The van der Waals surface area contributed by atoms with Crippen LogP contribution in [0.25, 0.3) is 66.1 Å². The van der Waals surface area contributed by atoms with Crippen LogP contribution in [0.3, 0.4) is 0 Å². The molecule has 0 aliphatic rings. The minimum absolute atomic E-state index is 0.00242. The summed E-state index contributed by atoms with van der Waals surface area (Å²) in [5.41, 5.74) is 17.1. The number of rotatable bonds is 7. The first-order chi connectivity index (χ1) is 30.1. The van der Waals surface area contributed by atoms with Gasteiger partial charge < -0.3 is 4.90 Å². The van der Waals surface area contributed by atoms with Crippen molar-refractivity contribution in [2.24, 2.45) is 0 Å². The van der Waals surface area contributed by atoms with Crippen molar-refractivity contribution in [1.29, 1.82) is 0 Å². The highest BCUT2D eigenvalue weighted by atomic mass is 15.1. The van der Waals surface area contributed by atoms with Crippen molar-refractivity contribution in [1.82, 2.24) is 0 Å². The normalized spacial score (nSPS) is 12.2. The second-order valence-corrected chi connectivity index (χ2v) is 20.3. The first kappa shape index (κ1) is 41.6. The Morgan fingerprint density at radius 3 is 1.44 bits per heavy atom. The molecule has 1 heteroatoms. The van der Waals surface area contributed by atoms with Crippen LogP contribution in [0, 0.1) is 0 Å². The van der Waals surface area contributed by atoms with E-state index in [0.29, 0.717) is 0 Å². The predicted octanol–water partition coefficient (Wildman–Crippen LogP) is 18.0. The molecule has 0 unspecified atom stereocenters. The van der Waals surface area contributed by atoms with Gasteiger partial charge in [-0.25, -0.2) is 0 Å². The number of fused-ring (bicyclic) bond motifs is 2. The van der Waals surface area contributed by atoms with E-state index in [-0.39, 0.29) is 16.2 Å². The molecule has 0 N–H and O–H groups in total. The van der Waals surface area contributed by atoms with Gasteiger partial charge in [-0.1, -0.05) is 232 Å². The van der Waals surface area contributed by atoms with Gasteiger partial charge in [-0.15, -0.1) is 0 Å². The number of anilines is 3. The highest BCUT2D eigenvalue weighted by molar-refractivity contribution is 6.09. The lowest BCUT2D eigenvalue weighted by Gasteiger charge is -2.31. The second-order valence-electron chi connectivity index (χ2n) is 20.3. The van der Waals surface area contributed by atoms with Crippen molar-refractivity contribution in [2.45, 2.75) is 78.6 Å². The van der Waals surface area contributed by atoms with E-state index in [1.807, 2.05) is 0 Å². The van der Waals surface area contributed by atoms with Crippen LogP contribution in [0.2, 0.25) is 0 Å². The van der Waals surface area contributed by atoms with E-state index in [1.165, 1.54) is 82.7 Å². The largest absolute Gasteiger partial charge is 0.309 e. The molecular weight excluding hydrogens is 759 g/mol. The van der Waals surface area contributed by atoms with Crippen molar-refractivity contribution in [3.05, 3.63) is 211 Å². The molecule has 0 bridgehead atoms. The van der Waals surface area contributed by atoms with Crippen LogP contribution < -0.4 is 4.90 Å². The van der Waals surface area contributed by atoms with E-state index in [0.717, 1.165) is 17.1 Å². The number of para-hydroxylation sites is 2. The van der Waals surface area contributed by atoms with Crippen molar-refractivity contribution in [3.63, 3.8) is 0 Å². The molecule has 0 amide bonds. The molecule has 0 aliphatic heterocycles. The van der Waals surface area contributed by atoms with Gasteiger partial charge in [-0.05, 0) is 112 Å². The highest BCUT2D eigenvalue weighted by Gasteiger charge is 2.25. The lowest BCUT2D eigenvalue weighted by Crippen LogP contribution is -2.16. The quantitative estimate of drug-likeness (QED) is 0.155. The minimum Gasteiger partial charge on any atom is -0.309 e. The van der Waals surface area contributed by atoms with Gasteiger partial charge in [0, 0.05) is 16.8 Å². The topological polar surface area (TPSA) is 3.24 Å². The fraction of sp³-hybridized carbons (Fsp3) is 0.194. The zero-order valence-corrected chi connectivity index (χ0v) is 38.4. The molecule has 0 saturated heterocycles. The molecule has 63 heavy (non-hydrogen) atoms. The molecule has 312 valence electrons. The average molecular weight is 818 g/mol. The van der Waals surface area contributed by atoms with E-state index in [2.05, 4.69) is 261 Å². The molecule has 9 rings (SSSR count). The summed E-state index contributed by atoms with van der Waals surface area (Å²) < 4.78 is 0. The van der Waals surface area contributed by atoms with E-state index in [1.54, 1.807) is 0 Å². The van der Waals surface area contributed by atoms with E-state index in [9.17, 15) is 0 Å². The number of benzene rings is 9. The predicted molar refractivity (Wildman–Crippen MR) is 274 cm³/mol. The van der Waals surface area contributed by atoms with Crippen molar-refractivity contribution >= 4 is 38.6 Å². The van der Waals surface area contributed by atoms with Crippen molar-refractivity contribution in [3.8, 4) is 44.5 Å². The van der Waals surface area contributed by atoms with Crippen molar-refractivity contribution < 1.29 is 0 Å². The van der Waals surface area contributed by atoms with Gasteiger partial charge in [0.15, 0.2) is 0 Å². The standard InChI is InChI=1S/C62H59N/c1-60(2,3)47-36-34-43(35-37-47)53-27-12-14-32-57(53)63(50-25-16-24-45(40-50)52-29-17-21-42-20-10-11-26-51(42)52)58-33-15-13-28-55(58)56-31-19-23-44-22-18-30-54(59(44)56)46-38-48(61(4,5)6)41-49(39-46)62(7,8)9/h10-41H,1-9H3. The van der Waals surface area contributed by atoms with Gasteiger partial charge >= 0.3 is 0 Å². The SMILES string of the molecule is CC(C)(C)c1ccc(-c2ccccc2N(c2cccc(-c3cccc4ccccc34)c2)c2ccccc2-c2cccc3cccc(-c4cc(C(C)(C)C)cc(C(C)(C)C)c4)c23)cc1. The smallest absolute Gasteiger partial charge is 0.0540 e. The van der Waals surface area contributed by atoms with E-state index in [4.69, 9.17) is 0 Å². The third kappa shape index (κ3) is 8.21. The van der Waals surface area contributed by atoms with Crippen LogP contribution in [0.1, 0.15) is 79.0 Å². The maximum absolute atomic E-state index is 2.50. The zero-order chi connectivity index (χ0) is 44.1. The first-order valence-corrected chi connectivity index (χ1v) is 22.5. The Morgan fingerprint density at radius 1 is 0.302 bits per heavy atom. The van der Waals surface area contributed by atoms with Gasteiger partial charge in [0.1, 0.15) is 0 Å². The molecule has 0 spiro atoms.